The molecular formula is C21H23NO7. The first-order chi connectivity index (χ1) is 14.0. The van der Waals surface area contributed by atoms with E-state index in [4.69, 9.17) is 28.4 Å². The third-order valence-electron chi connectivity index (χ3n) is 4.38. The maximum absolute atomic E-state index is 13.3. The summed E-state index contributed by atoms with van der Waals surface area (Å²) in [5.41, 5.74) is 0.578. The molecule has 0 bridgehead atoms. The van der Waals surface area contributed by atoms with E-state index >= 15 is 0 Å². The van der Waals surface area contributed by atoms with Gasteiger partial charge >= 0.3 is 0 Å². The number of nitriles is 1. The third-order valence-corrected chi connectivity index (χ3v) is 4.38. The van der Waals surface area contributed by atoms with E-state index in [0.29, 0.717) is 28.6 Å². The minimum absolute atomic E-state index is 0.185. The molecule has 0 fully saturated rings. The van der Waals surface area contributed by atoms with E-state index in [0.717, 1.165) is 0 Å². The number of Topliss-reactive ketones (excluding diaryl/α,β-unsaturated/α-hetero) is 1. The zero-order chi connectivity index (χ0) is 21.6. The first-order valence-electron chi connectivity index (χ1n) is 8.53. The third kappa shape index (κ3) is 3.99. The summed E-state index contributed by atoms with van der Waals surface area (Å²) >= 11 is 0. The van der Waals surface area contributed by atoms with Gasteiger partial charge in [0.25, 0.3) is 0 Å². The van der Waals surface area contributed by atoms with Crippen molar-refractivity contribution in [2.75, 3.05) is 42.7 Å². The lowest BCUT2D eigenvalue weighted by molar-refractivity contribution is 0.0975. The Balaban J connectivity index is 2.62. The molecule has 29 heavy (non-hydrogen) atoms. The minimum Gasteiger partial charge on any atom is -0.493 e. The Hall–Kier alpha value is -3.60. The molecule has 8 nitrogen and oxygen atoms in total. The first kappa shape index (κ1) is 21.7. The number of methoxy groups -OCH3 is 6. The monoisotopic (exact) mass is 401 g/mol. The van der Waals surface area contributed by atoms with Gasteiger partial charge in [-0.3, -0.25) is 4.79 Å². The van der Waals surface area contributed by atoms with Crippen LogP contribution >= 0.6 is 0 Å². The highest BCUT2D eigenvalue weighted by atomic mass is 16.5. The zero-order valence-electron chi connectivity index (χ0n) is 17.2. The summed E-state index contributed by atoms with van der Waals surface area (Å²) in [6.45, 7) is 0. The van der Waals surface area contributed by atoms with Gasteiger partial charge in [0.15, 0.2) is 28.8 Å². The van der Waals surface area contributed by atoms with Crippen molar-refractivity contribution in [1.29, 1.82) is 5.26 Å². The molecule has 1 unspecified atom stereocenters. The van der Waals surface area contributed by atoms with Gasteiger partial charge in [0, 0.05) is 0 Å². The van der Waals surface area contributed by atoms with Crippen LogP contribution in [0.2, 0.25) is 0 Å². The van der Waals surface area contributed by atoms with Gasteiger partial charge in [-0.05, 0) is 29.8 Å². The molecule has 1 atom stereocenters. The summed E-state index contributed by atoms with van der Waals surface area (Å²) in [6, 6.07) is 8.30. The highest BCUT2D eigenvalue weighted by Crippen LogP contribution is 2.43. The molecule has 0 aliphatic rings. The number of rotatable bonds is 9. The number of benzene rings is 2. The highest BCUT2D eigenvalue weighted by molar-refractivity contribution is 6.05. The fraction of sp³-hybridized carbons (Fsp3) is 0.333. The van der Waals surface area contributed by atoms with Crippen LogP contribution in [0.3, 0.4) is 0 Å². The van der Waals surface area contributed by atoms with Crippen LogP contribution in [0.5, 0.6) is 34.5 Å². The van der Waals surface area contributed by atoms with Crippen LogP contribution in [0.1, 0.15) is 21.8 Å². The average Bonchev–Trinajstić information content (AvgIpc) is 2.77. The van der Waals surface area contributed by atoms with Crippen molar-refractivity contribution in [3.8, 4) is 40.6 Å². The Morgan fingerprint density at radius 3 is 1.69 bits per heavy atom. The van der Waals surface area contributed by atoms with Crippen LogP contribution in [0.15, 0.2) is 24.3 Å². The molecule has 0 heterocycles. The average molecular weight is 401 g/mol. The summed E-state index contributed by atoms with van der Waals surface area (Å²) < 4.78 is 31.9. The Kier molecular flexibility index (Phi) is 7.15. The largest absolute Gasteiger partial charge is 0.493 e. The topological polar surface area (TPSA) is 96.2 Å². The van der Waals surface area contributed by atoms with Crippen LogP contribution < -0.4 is 28.4 Å². The van der Waals surface area contributed by atoms with E-state index in [1.807, 2.05) is 6.07 Å². The van der Waals surface area contributed by atoms with Gasteiger partial charge in [-0.1, -0.05) is 0 Å². The molecule has 8 heteroatoms. The lowest BCUT2D eigenvalue weighted by Gasteiger charge is -2.18. The van der Waals surface area contributed by atoms with Crippen LogP contribution in [-0.2, 0) is 0 Å². The molecule has 0 spiro atoms. The standard InChI is InChI=1S/C21H23NO7/c1-24-15-8-7-13(19(27-4)21(15)29-6)18(23)14(11-22)12-9-16(25-2)20(28-5)17(10-12)26-3/h7-10,14H,1-6H3. The predicted molar refractivity (Wildman–Crippen MR) is 105 cm³/mol. The molecule has 0 radical (unpaired) electrons. The van der Waals surface area contributed by atoms with E-state index in [-0.39, 0.29) is 17.1 Å². The van der Waals surface area contributed by atoms with E-state index in [1.54, 1.807) is 18.2 Å². The smallest absolute Gasteiger partial charge is 0.204 e. The normalized spacial score (nSPS) is 11.1. The maximum atomic E-state index is 13.3. The Morgan fingerprint density at radius 2 is 1.28 bits per heavy atom. The first-order valence-corrected chi connectivity index (χ1v) is 8.53. The van der Waals surface area contributed by atoms with Crippen molar-refractivity contribution in [2.45, 2.75) is 5.92 Å². The number of hydrogen-bond acceptors (Lipinski definition) is 8. The molecule has 0 aromatic heterocycles. The van der Waals surface area contributed by atoms with Crippen molar-refractivity contribution in [3.63, 3.8) is 0 Å². The molecular weight excluding hydrogens is 378 g/mol. The highest BCUT2D eigenvalue weighted by Gasteiger charge is 2.29. The van der Waals surface area contributed by atoms with Crippen molar-refractivity contribution < 1.29 is 33.2 Å². The van der Waals surface area contributed by atoms with Gasteiger partial charge in [0.2, 0.25) is 11.5 Å². The number of ketones is 1. The second-order valence-corrected chi connectivity index (χ2v) is 5.77. The van der Waals surface area contributed by atoms with Crippen molar-refractivity contribution >= 4 is 5.78 Å². The predicted octanol–water partition coefficient (Wildman–Crippen LogP) is 3.23. The second kappa shape index (κ2) is 9.55. The van der Waals surface area contributed by atoms with Crippen molar-refractivity contribution in [1.82, 2.24) is 0 Å². The number of ether oxygens (including phenoxy) is 6. The van der Waals surface area contributed by atoms with E-state index in [9.17, 15) is 10.1 Å². The Morgan fingerprint density at radius 1 is 0.759 bits per heavy atom. The van der Waals surface area contributed by atoms with Gasteiger partial charge in [0.05, 0.1) is 54.3 Å². The van der Waals surface area contributed by atoms with Crippen LogP contribution in [-0.4, -0.2) is 48.4 Å². The molecule has 0 aliphatic carbocycles. The lowest BCUT2D eigenvalue weighted by atomic mass is 9.90. The van der Waals surface area contributed by atoms with Crippen molar-refractivity contribution in [2.24, 2.45) is 0 Å². The quantitative estimate of drug-likeness (QED) is 0.591. The molecule has 0 N–H and O–H groups in total. The fourth-order valence-electron chi connectivity index (χ4n) is 3.00. The maximum Gasteiger partial charge on any atom is 0.204 e. The van der Waals surface area contributed by atoms with Gasteiger partial charge in [-0.15, -0.1) is 0 Å². The Bertz CT molecular complexity index is 908. The van der Waals surface area contributed by atoms with Gasteiger partial charge in [0.1, 0.15) is 5.92 Å². The number of nitrogens with zero attached hydrogens (tertiary/aromatic N) is 1. The summed E-state index contributed by atoms with van der Waals surface area (Å²) in [4.78, 5) is 13.3. The number of carbonyl (C=O) groups is 1. The van der Waals surface area contributed by atoms with Crippen LogP contribution in [0.4, 0.5) is 0 Å². The minimum atomic E-state index is -1.14. The number of carbonyl (C=O) groups excluding carboxylic acids is 1. The molecule has 154 valence electrons. The van der Waals surface area contributed by atoms with Crippen LogP contribution in [0, 0.1) is 11.3 Å². The van der Waals surface area contributed by atoms with E-state index in [2.05, 4.69) is 0 Å². The fourth-order valence-corrected chi connectivity index (χ4v) is 3.00. The number of hydrogen-bond donors (Lipinski definition) is 0. The van der Waals surface area contributed by atoms with Crippen LogP contribution in [0.25, 0.3) is 0 Å². The second-order valence-electron chi connectivity index (χ2n) is 5.77. The summed E-state index contributed by atoms with van der Waals surface area (Å²) in [6.07, 6.45) is 0. The molecule has 2 aromatic rings. The Labute approximate surface area is 169 Å². The molecule has 0 amide bonds. The van der Waals surface area contributed by atoms with E-state index < -0.39 is 11.7 Å². The molecule has 0 saturated carbocycles. The zero-order valence-corrected chi connectivity index (χ0v) is 17.2. The summed E-state index contributed by atoms with van der Waals surface area (Å²) in [7, 11) is 8.72. The van der Waals surface area contributed by atoms with E-state index in [1.165, 1.54) is 48.7 Å². The van der Waals surface area contributed by atoms with Crippen molar-refractivity contribution in [3.05, 3.63) is 35.4 Å². The molecule has 2 aromatic carbocycles. The van der Waals surface area contributed by atoms with Gasteiger partial charge in [-0.25, -0.2) is 0 Å². The SMILES string of the molecule is COc1cc(C(C#N)C(=O)c2ccc(OC)c(OC)c2OC)cc(OC)c1OC. The summed E-state index contributed by atoms with van der Waals surface area (Å²) in [5.74, 6) is 0.291. The lowest BCUT2D eigenvalue weighted by Crippen LogP contribution is -2.14. The van der Waals surface area contributed by atoms with Gasteiger partial charge in [-0.2, -0.15) is 5.26 Å². The molecule has 0 aliphatic heterocycles. The molecule has 0 saturated heterocycles. The van der Waals surface area contributed by atoms with Gasteiger partial charge < -0.3 is 28.4 Å². The molecule has 2 rings (SSSR count). The summed E-state index contributed by atoms with van der Waals surface area (Å²) in [5, 5.41) is 9.78.